The van der Waals surface area contributed by atoms with E-state index in [0.717, 1.165) is 42.0 Å². The number of hydrogen-bond donors (Lipinski definition) is 2. The minimum absolute atomic E-state index is 0. The van der Waals surface area contributed by atoms with Crippen LogP contribution in [0.2, 0.25) is 0 Å². The summed E-state index contributed by atoms with van der Waals surface area (Å²) >= 11 is 1.69. The van der Waals surface area contributed by atoms with Gasteiger partial charge in [-0.2, -0.15) is 0 Å². The van der Waals surface area contributed by atoms with Crippen LogP contribution < -0.4 is 20.1 Å². The van der Waals surface area contributed by atoms with Crippen molar-refractivity contribution in [2.75, 3.05) is 20.4 Å². The van der Waals surface area contributed by atoms with E-state index in [-0.39, 0.29) is 24.0 Å². The van der Waals surface area contributed by atoms with Gasteiger partial charge in [0.2, 0.25) is 6.79 Å². The molecule has 3 rings (SSSR count). The van der Waals surface area contributed by atoms with Gasteiger partial charge in [-0.15, -0.1) is 35.3 Å². The van der Waals surface area contributed by atoms with Gasteiger partial charge in [0.25, 0.3) is 0 Å². The summed E-state index contributed by atoms with van der Waals surface area (Å²) < 4.78 is 10.7. The fourth-order valence-electron chi connectivity index (χ4n) is 2.30. The van der Waals surface area contributed by atoms with Crippen LogP contribution in [0.5, 0.6) is 11.5 Å². The lowest BCUT2D eigenvalue weighted by molar-refractivity contribution is 0.174. The first-order valence-electron chi connectivity index (χ1n) is 7.49. The monoisotopic (exact) mass is 460 g/mol. The standard InChI is InChI=1S/C16H20N4O2S.HI/c1-11-19-8-13(23-11)9-20-16(17-2)18-6-5-12-3-4-14-15(7-12)22-10-21-14;/h3-4,7-8H,5-6,9-10H2,1-2H3,(H2,17,18,20);1H. The molecule has 2 N–H and O–H groups in total. The van der Waals surface area contributed by atoms with Crippen molar-refractivity contribution < 1.29 is 9.47 Å². The molecule has 0 amide bonds. The second kappa shape index (κ2) is 9.07. The Morgan fingerprint density at radius 3 is 2.88 bits per heavy atom. The number of aryl methyl sites for hydroxylation is 1. The molecular formula is C16H21IN4O2S. The second-order valence-corrected chi connectivity index (χ2v) is 6.46. The fourth-order valence-corrected chi connectivity index (χ4v) is 3.03. The normalized spacial score (nSPS) is 12.7. The molecule has 0 unspecified atom stereocenters. The number of hydrogen-bond acceptors (Lipinski definition) is 5. The van der Waals surface area contributed by atoms with Gasteiger partial charge in [-0.3, -0.25) is 4.99 Å². The summed E-state index contributed by atoms with van der Waals surface area (Å²) in [6.07, 6.45) is 2.78. The highest BCUT2D eigenvalue weighted by molar-refractivity contribution is 14.0. The van der Waals surface area contributed by atoms with Crippen molar-refractivity contribution in [2.24, 2.45) is 4.99 Å². The maximum Gasteiger partial charge on any atom is 0.231 e. The van der Waals surface area contributed by atoms with Crippen LogP contribution in [0.15, 0.2) is 29.4 Å². The highest BCUT2D eigenvalue weighted by atomic mass is 127. The lowest BCUT2D eigenvalue weighted by Gasteiger charge is -2.11. The van der Waals surface area contributed by atoms with E-state index in [9.17, 15) is 0 Å². The zero-order chi connectivity index (χ0) is 16.1. The van der Waals surface area contributed by atoms with E-state index >= 15 is 0 Å². The molecule has 0 radical (unpaired) electrons. The molecule has 2 heterocycles. The molecule has 24 heavy (non-hydrogen) atoms. The number of ether oxygens (including phenoxy) is 2. The lowest BCUT2D eigenvalue weighted by Crippen LogP contribution is -2.37. The van der Waals surface area contributed by atoms with Crippen molar-refractivity contribution in [3.8, 4) is 11.5 Å². The largest absolute Gasteiger partial charge is 0.454 e. The summed E-state index contributed by atoms with van der Waals surface area (Å²) in [5.74, 6) is 2.43. The molecule has 0 atom stereocenters. The zero-order valence-electron chi connectivity index (χ0n) is 13.7. The molecule has 0 bridgehead atoms. The minimum Gasteiger partial charge on any atom is -0.454 e. The summed E-state index contributed by atoms with van der Waals surface area (Å²) in [6.45, 7) is 3.84. The number of rotatable bonds is 5. The molecule has 1 aliphatic heterocycles. The zero-order valence-corrected chi connectivity index (χ0v) is 16.8. The van der Waals surface area contributed by atoms with Crippen LogP contribution in [0.3, 0.4) is 0 Å². The van der Waals surface area contributed by atoms with Gasteiger partial charge >= 0.3 is 0 Å². The number of halogens is 1. The van der Waals surface area contributed by atoms with E-state index in [1.165, 1.54) is 10.4 Å². The van der Waals surface area contributed by atoms with Crippen molar-refractivity contribution in [3.63, 3.8) is 0 Å². The first-order chi connectivity index (χ1) is 11.2. The van der Waals surface area contributed by atoms with Crippen LogP contribution in [-0.4, -0.2) is 31.3 Å². The van der Waals surface area contributed by atoms with E-state index in [0.29, 0.717) is 6.79 Å². The minimum atomic E-state index is 0. The molecule has 1 aromatic carbocycles. The van der Waals surface area contributed by atoms with E-state index in [1.54, 1.807) is 18.4 Å². The molecule has 0 saturated heterocycles. The molecule has 130 valence electrons. The molecule has 1 aromatic heterocycles. The Balaban J connectivity index is 0.00000208. The van der Waals surface area contributed by atoms with E-state index in [1.807, 2.05) is 25.3 Å². The first-order valence-corrected chi connectivity index (χ1v) is 8.30. The van der Waals surface area contributed by atoms with Gasteiger partial charge in [-0.1, -0.05) is 6.07 Å². The second-order valence-electron chi connectivity index (χ2n) is 5.14. The third-order valence-corrected chi connectivity index (χ3v) is 4.38. The molecule has 1 aliphatic rings. The fraction of sp³-hybridized carbons (Fsp3) is 0.375. The van der Waals surface area contributed by atoms with Crippen LogP contribution in [0.1, 0.15) is 15.4 Å². The molecule has 0 saturated carbocycles. The number of aliphatic imine (C=N–C) groups is 1. The Morgan fingerprint density at radius 2 is 2.12 bits per heavy atom. The molecular weight excluding hydrogens is 439 g/mol. The third kappa shape index (κ3) is 4.97. The first kappa shape index (κ1) is 18.8. The molecule has 6 nitrogen and oxygen atoms in total. The molecule has 2 aromatic rings. The summed E-state index contributed by atoms with van der Waals surface area (Å²) in [6, 6.07) is 6.04. The molecule has 0 aliphatic carbocycles. The average molecular weight is 460 g/mol. The number of thiazole rings is 1. The highest BCUT2D eigenvalue weighted by Crippen LogP contribution is 2.32. The summed E-state index contributed by atoms with van der Waals surface area (Å²) in [7, 11) is 1.77. The van der Waals surface area contributed by atoms with Crippen LogP contribution in [-0.2, 0) is 13.0 Å². The number of nitrogens with zero attached hydrogens (tertiary/aromatic N) is 2. The van der Waals surface area contributed by atoms with E-state index in [2.05, 4.69) is 26.7 Å². The van der Waals surface area contributed by atoms with Crippen LogP contribution in [0, 0.1) is 6.92 Å². The maximum atomic E-state index is 5.39. The Bertz CT molecular complexity index is 705. The average Bonchev–Trinajstić information content (AvgIpc) is 3.18. The van der Waals surface area contributed by atoms with Crippen molar-refractivity contribution in [2.45, 2.75) is 19.9 Å². The molecule has 0 fully saturated rings. The number of guanidine groups is 1. The van der Waals surface area contributed by atoms with Crippen molar-refractivity contribution in [1.29, 1.82) is 0 Å². The van der Waals surface area contributed by atoms with Crippen molar-refractivity contribution in [3.05, 3.63) is 39.8 Å². The van der Waals surface area contributed by atoms with Gasteiger partial charge in [0.15, 0.2) is 17.5 Å². The highest BCUT2D eigenvalue weighted by Gasteiger charge is 2.12. The Kier molecular flexibility index (Phi) is 7.10. The third-order valence-electron chi connectivity index (χ3n) is 3.47. The van der Waals surface area contributed by atoms with Gasteiger partial charge in [-0.05, 0) is 31.0 Å². The number of aromatic nitrogens is 1. The number of fused-ring (bicyclic) bond motifs is 1. The number of benzene rings is 1. The van der Waals surface area contributed by atoms with Crippen LogP contribution >= 0.6 is 35.3 Å². The summed E-state index contributed by atoms with van der Waals surface area (Å²) in [4.78, 5) is 9.68. The van der Waals surface area contributed by atoms with E-state index in [4.69, 9.17) is 9.47 Å². The van der Waals surface area contributed by atoms with Crippen LogP contribution in [0.4, 0.5) is 0 Å². The SMILES string of the molecule is CN=C(NCCc1ccc2c(c1)OCO2)NCc1cnc(C)s1.I. The van der Waals surface area contributed by atoms with E-state index < -0.39 is 0 Å². The van der Waals surface area contributed by atoms with Crippen LogP contribution in [0.25, 0.3) is 0 Å². The number of nitrogens with one attached hydrogen (secondary N) is 2. The van der Waals surface area contributed by atoms with Gasteiger partial charge < -0.3 is 20.1 Å². The molecule has 0 spiro atoms. The Labute approximate surface area is 162 Å². The van der Waals surface area contributed by atoms with Gasteiger partial charge in [0.05, 0.1) is 11.6 Å². The predicted molar refractivity (Wildman–Crippen MR) is 107 cm³/mol. The van der Waals surface area contributed by atoms with Crippen molar-refractivity contribution in [1.82, 2.24) is 15.6 Å². The Hall–Kier alpha value is -1.55. The maximum absolute atomic E-state index is 5.39. The summed E-state index contributed by atoms with van der Waals surface area (Å²) in [5.41, 5.74) is 1.20. The van der Waals surface area contributed by atoms with Gasteiger partial charge in [0.1, 0.15) is 0 Å². The van der Waals surface area contributed by atoms with Gasteiger partial charge in [-0.25, -0.2) is 4.98 Å². The summed E-state index contributed by atoms with van der Waals surface area (Å²) in [5, 5.41) is 7.68. The quantitative estimate of drug-likeness (QED) is 0.408. The van der Waals surface area contributed by atoms with Crippen molar-refractivity contribution >= 4 is 41.3 Å². The van der Waals surface area contributed by atoms with Gasteiger partial charge in [0, 0.05) is 24.7 Å². The predicted octanol–water partition coefficient (Wildman–Crippen LogP) is 2.71. The Morgan fingerprint density at radius 1 is 1.29 bits per heavy atom. The topological polar surface area (TPSA) is 67.8 Å². The molecule has 8 heteroatoms. The lowest BCUT2D eigenvalue weighted by atomic mass is 10.1. The smallest absolute Gasteiger partial charge is 0.231 e.